The van der Waals surface area contributed by atoms with Crippen molar-refractivity contribution in [2.75, 3.05) is 23.9 Å². The molecule has 5 heteroatoms. The fourth-order valence-corrected chi connectivity index (χ4v) is 4.62. The topological polar surface area (TPSA) is 55.1 Å². The zero-order chi connectivity index (χ0) is 13.8. The molecule has 0 aliphatic heterocycles. The Bertz CT molecular complexity index is 451. The maximum atomic E-state index is 11.9. The lowest BCUT2D eigenvalue weighted by Gasteiger charge is -2.11. The average Bonchev–Trinajstić information content (AvgIpc) is 3.03. The van der Waals surface area contributed by atoms with Crippen molar-refractivity contribution >= 4 is 39.6 Å². The lowest BCUT2D eigenvalue weighted by molar-refractivity contribution is 0.0992. The molecular weight excluding hydrogens is 276 g/mol. The molecule has 1 aromatic rings. The summed E-state index contributed by atoms with van der Waals surface area (Å²) in [6.07, 6.45) is 7.88. The first-order valence-electron chi connectivity index (χ1n) is 6.90. The monoisotopic (exact) mass is 298 g/mol. The molecule has 0 saturated heterocycles. The van der Waals surface area contributed by atoms with Crippen LogP contribution >= 0.6 is 23.1 Å². The van der Waals surface area contributed by atoms with Crippen LogP contribution in [0.15, 0.2) is 4.90 Å². The number of hydrogen-bond acceptors (Lipinski definition) is 5. The molecule has 0 radical (unpaired) electrons. The fraction of sp³-hybridized carbons (Fsp3) is 0.643. The number of nitrogens with two attached hydrogens (primary N) is 1. The van der Waals surface area contributed by atoms with E-state index in [1.165, 1.54) is 37.0 Å². The Labute approximate surface area is 123 Å². The van der Waals surface area contributed by atoms with Crippen molar-refractivity contribution in [2.24, 2.45) is 5.92 Å². The summed E-state index contributed by atoms with van der Waals surface area (Å²) in [6, 6.07) is 0. The number of Topliss-reactive ketones (excluding diaryl/α,β-unsaturated/α-hetero) is 1. The lowest BCUT2D eigenvalue weighted by atomic mass is 10.1. The standard InChI is InChI=1S/C14H22N2OS2/c1-3-10(17)12-11(15)13(18-2)14(19-12)16-8-9-6-4-5-7-9/h9,16H,3-8,15H2,1-2H3. The van der Waals surface area contributed by atoms with Crippen LogP contribution in [-0.2, 0) is 0 Å². The molecule has 1 saturated carbocycles. The first-order valence-corrected chi connectivity index (χ1v) is 8.94. The molecule has 0 bridgehead atoms. The molecular formula is C14H22N2OS2. The summed E-state index contributed by atoms with van der Waals surface area (Å²) in [4.78, 5) is 13.6. The highest BCUT2D eigenvalue weighted by Gasteiger charge is 2.21. The van der Waals surface area contributed by atoms with Crippen molar-refractivity contribution in [3.05, 3.63) is 4.88 Å². The van der Waals surface area contributed by atoms with Crippen molar-refractivity contribution < 1.29 is 4.79 Å². The van der Waals surface area contributed by atoms with Crippen LogP contribution in [0.1, 0.15) is 48.7 Å². The SMILES string of the molecule is CCC(=O)c1sc(NCC2CCCC2)c(SC)c1N. The fourth-order valence-electron chi connectivity index (χ4n) is 2.57. The van der Waals surface area contributed by atoms with E-state index in [1.54, 1.807) is 11.8 Å². The second kappa shape index (κ2) is 6.66. The lowest BCUT2D eigenvalue weighted by Crippen LogP contribution is -2.10. The van der Waals surface area contributed by atoms with E-state index in [-0.39, 0.29) is 5.78 Å². The first-order chi connectivity index (χ1) is 9.17. The number of ketones is 1. The third-order valence-electron chi connectivity index (χ3n) is 3.70. The highest BCUT2D eigenvalue weighted by molar-refractivity contribution is 7.99. The smallest absolute Gasteiger partial charge is 0.174 e. The molecule has 0 spiro atoms. The van der Waals surface area contributed by atoms with Gasteiger partial charge in [-0.05, 0) is 25.0 Å². The van der Waals surface area contributed by atoms with Gasteiger partial charge in [0, 0.05) is 13.0 Å². The van der Waals surface area contributed by atoms with E-state index < -0.39 is 0 Å². The van der Waals surface area contributed by atoms with Gasteiger partial charge >= 0.3 is 0 Å². The highest BCUT2D eigenvalue weighted by atomic mass is 32.2. The van der Waals surface area contributed by atoms with Gasteiger partial charge in [0.2, 0.25) is 0 Å². The number of thioether (sulfide) groups is 1. The summed E-state index contributed by atoms with van der Waals surface area (Å²) in [5.41, 5.74) is 6.77. The van der Waals surface area contributed by atoms with Crippen LogP contribution in [0, 0.1) is 5.92 Å². The van der Waals surface area contributed by atoms with Crippen LogP contribution in [0.25, 0.3) is 0 Å². The van der Waals surface area contributed by atoms with E-state index in [9.17, 15) is 4.79 Å². The van der Waals surface area contributed by atoms with E-state index >= 15 is 0 Å². The Morgan fingerprint density at radius 1 is 1.47 bits per heavy atom. The normalized spacial score (nSPS) is 15.9. The van der Waals surface area contributed by atoms with Crippen LogP contribution in [-0.4, -0.2) is 18.6 Å². The first kappa shape index (κ1) is 14.7. The minimum Gasteiger partial charge on any atom is -0.396 e. The van der Waals surface area contributed by atoms with E-state index in [1.807, 2.05) is 13.2 Å². The van der Waals surface area contributed by atoms with Crippen molar-refractivity contribution in [1.29, 1.82) is 0 Å². The van der Waals surface area contributed by atoms with Crippen molar-refractivity contribution in [1.82, 2.24) is 0 Å². The van der Waals surface area contributed by atoms with Crippen molar-refractivity contribution in [3.8, 4) is 0 Å². The zero-order valence-corrected chi connectivity index (χ0v) is 13.3. The molecule has 0 unspecified atom stereocenters. The summed E-state index contributed by atoms with van der Waals surface area (Å²) < 4.78 is 0. The van der Waals surface area contributed by atoms with Gasteiger partial charge in [-0.15, -0.1) is 23.1 Å². The van der Waals surface area contributed by atoms with Gasteiger partial charge in [0.1, 0.15) is 5.00 Å². The molecule has 2 rings (SSSR count). The molecule has 1 aliphatic carbocycles. The van der Waals surface area contributed by atoms with E-state index in [4.69, 9.17) is 5.73 Å². The number of carbonyl (C=O) groups is 1. The van der Waals surface area contributed by atoms with Gasteiger partial charge in [-0.25, -0.2) is 0 Å². The predicted octanol–water partition coefficient (Wildman–Crippen LogP) is 4.25. The largest absolute Gasteiger partial charge is 0.396 e. The van der Waals surface area contributed by atoms with Crippen LogP contribution in [0.5, 0.6) is 0 Å². The van der Waals surface area contributed by atoms with Gasteiger partial charge in [-0.1, -0.05) is 19.8 Å². The van der Waals surface area contributed by atoms with Crippen LogP contribution in [0.2, 0.25) is 0 Å². The molecule has 1 aliphatic rings. The Kier molecular flexibility index (Phi) is 5.16. The van der Waals surface area contributed by atoms with Gasteiger partial charge < -0.3 is 11.1 Å². The summed E-state index contributed by atoms with van der Waals surface area (Å²) in [5, 5.41) is 4.59. The van der Waals surface area contributed by atoms with Gasteiger partial charge in [0.05, 0.1) is 15.5 Å². The van der Waals surface area contributed by atoms with E-state index in [0.29, 0.717) is 12.1 Å². The third kappa shape index (κ3) is 3.26. The highest BCUT2D eigenvalue weighted by Crippen LogP contribution is 2.42. The molecule has 0 amide bonds. The summed E-state index contributed by atoms with van der Waals surface area (Å²) >= 11 is 3.14. The molecule has 0 atom stereocenters. The number of nitrogen functional groups attached to an aromatic ring is 1. The van der Waals surface area contributed by atoms with Gasteiger partial charge in [-0.2, -0.15) is 0 Å². The Balaban J connectivity index is 2.12. The number of hydrogen-bond donors (Lipinski definition) is 2. The quantitative estimate of drug-likeness (QED) is 0.609. The van der Waals surface area contributed by atoms with Gasteiger partial charge in [0.15, 0.2) is 5.78 Å². The number of rotatable bonds is 6. The molecule has 1 fully saturated rings. The maximum absolute atomic E-state index is 11.9. The summed E-state index contributed by atoms with van der Waals surface area (Å²) in [7, 11) is 0. The second-order valence-corrected chi connectivity index (χ2v) is 6.85. The Hall–Kier alpha value is -0.680. The molecule has 1 aromatic heterocycles. The Morgan fingerprint density at radius 2 is 2.16 bits per heavy atom. The Morgan fingerprint density at radius 3 is 2.74 bits per heavy atom. The molecule has 106 valence electrons. The molecule has 3 N–H and O–H groups in total. The minimum absolute atomic E-state index is 0.145. The molecule has 1 heterocycles. The molecule has 3 nitrogen and oxygen atoms in total. The summed E-state index contributed by atoms with van der Waals surface area (Å²) in [5.74, 6) is 0.926. The van der Waals surface area contributed by atoms with E-state index in [2.05, 4.69) is 5.32 Å². The van der Waals surface area contributed by atoms with Crippen LogP contribution in [0.3, 0.4) is 0 Å². The van der Waals surface area contributed by atoms with Gasteiger partial charge in [0.25, 0.3) is 0 Å². The van der Waals surface area contributed by atoms with Gasteiger partial charge in [-0.3, -0.25) is 4.79 Å². The number of nitrogens with one attached hydrogen (secondary N) is 1. The van der Waals surface area contributed by atoms with Crippen molar-refractivity contribution in [3.63, 3.8) is 0 Å². The van der Waals surface area contributed by atoms with Crippen molar-refractivity contribution in [2.45, 2.75) is 43.9 Å². The number of anilines is 2. The number of thiophene rings is 1. The summed E-state index contributed by atoms with van der Waals surface area (Å²) in [6.45, 7) is 2.89. The minimum atomic E-state index is 0.145. The average molecular weight is 298 g/mol. The maximum Gasteiger partial charge on any atom is 0.174 e. The second-order valence-electron chi connectivity index (χ2n) is 5.02. The van der Waals surface area contributed by atoms with Crippen LogP contribution < -0.4 is 11.1 Å². The molecule has 0 aromatic carbocycles. The zero-order valence-electron chi connectivity index (χ0n) is 11.6. The van der Waals surface area contributed by atoms with E-state index in [0.717, 1.165) is 27.2 Å². The number of carbonyl (C=O) groups excluding carboxylic acids is 1. The predicted molar refractivity (Wildman–Crippen MR) is 85.6 cm³/mol. The molecule has 19 heavy (non-hydrogen) atoms. The third-order valence-corrected chi connectivity index (χ3v) is 5.87. The van der Waals surface area contributed by atoms with Crippen LogP contribution in [0.4, 0.5) is 10.7 Å².